The molecular weight excluding hydrogens is 216 g/mol. The Balaban J connectivity index is 2.05. The fourth-order valence-electron chi connectivity index (χ4n) is 1.53. The van der Waals surface area contributed by atoms with Crippen LogP contribution in [-0.2, 0) is 6.42 Å². The third-order valence-electron chi connectivity index (χ3n) is 2.47. The molecule has 5 nitrogen and oxygen atoms in total. The highest BCUT2D eigenvalue weighted by Crippen LogP contribution is 2.15. The molecule has 0 saturated carbocycles. The van der Waals surface area contributed by atoms with Gasteiger partial charge in [-0.2, -0.15) is 0 Å². The normalized spacial score (nSPS) is 12.1. The van der Waals surface area contributed by atoms with Crippen LogP contribution in [0.3, 0.4) is 0 Å². The van der Waals surface area contributed by atoms with Crippen LogP contribution in [-0.4, -0.2) is 22.1 Å². The van der Waals surface area contributed by atoms with Gasteiger partial charge in [-0.3, -0.25) is 0 Å². The number of nitrogens with two attached hydrogens (primary N) is 1. The third kappa shape index (κ3) is 2.98. The molecule has 88 valence electrons. The second-order valence-electron chi connectivity index (χ2n) is 3.69. The maximum absolute atomic E-state index is 6.06. The summed E-state index contributed by atoms with van der Waals surface area (Å²) in [5, 5.41) is 0. The SMILES string of the molecule is COc1ccc(CC(N)c2cncnc2)cn1. The smallest absolute Gasteiger partial charge is 0.212 e. The van der Waals surface area contributed by atoms with Crippen molar-refractivity contribution >= 4 is 0 Å². The Morgan fingerprint density at radius 2 is 2.00 bits per heavy atom. The van der Waals surface area contributed by atoms with Crippen molar-refractivity contribution in [2.45, 2.75) is 12.5 Å². The number of methoxy groups -OCH3 is 1. The van der Waals surface area contributed by atoms with Crippen molar-refractivity contribution in [3.8, 4) is 5.88 Å². The highest BCUT2D eigenvalue weighted by molar-refractivity contribution is 5.21. The van der Waals surface area contributed by atoms with Crippen molar-refractivity contribution in [2.75, 3.05) is 7.11 Å². The van der Waals surface area contributed by atoms with Gasteiger partial charge in [0.25, 0.3) is 0 Å². The van der Waals surface area contributed by atoms with Crippen LogP contribution < -0.4 is 10.5 Å². The van der Waals surface area contributed by atoms with E-state index in [1.54, 1.807) is 25.7 Å². The van der Waals surface area contributed by atoms with Crippen molar-refractivity contribution in [1.82, 2.24) is 15.0 Å². The molecular formula is C12H14N4O. The zero-order chi connectivity index (χ0) is 12.1. The molecule has 0 bridgehead atoms. The quantitative estimate of drug-likeness (QED) is 0.852. The minimum atomic E-state index is -0.119. The molecule has 5 heteroatoms. The maximum Gasteiger partial charge on any atom is 0.212 e. The first-order chi connectivity index (χ1) is 8.29. The molecule has 0 radical (unpaired) electrons. The van der Waals surface area contributed by atoms with E-state index in [9.17, 15) is 0 Å². The van der Waals surface area contributed by atoms with Gasteiger partial charge in [-0.05, 0) is 12.0 Å². The summed E-state index contributed by atoms with van der Waals surface area (Å²) >= 11 is 0. The van der Waals surface area contributed by atoms with E-state index in [1.807, 2.05) is 12.1 Å². The van der Waals surface area contributed by atoms with Crippen LogP contribution >= 0.6 is 0 Å². The molecule has 0 aliphatic heterocycles. The van der Waals surface area contributed by atoms with E-state index in [0.29, 0.717) is 12.3 Å². The molecule has 2 N–H and O–H groups in total. The van der Waals surface area contributed by atoms with Crippen LogP contribution in [0, 0.1) is 0 Å². The summed E-state index contributed by atoms with van der Waals surface area (Å²) in [7, 11) is 1.59. The number of ether oxygens (including phenoxy) is 1. The van der Waals surface area contributed by atoms with E-state index in [4.69, 9.17) is 10.5 Å². The number of aromatic nitrogens is 3. The molecule has 1 unspecified atom stereocenters. The average Bonchev–Trinajstić information content (AvgIpc) is 2.40. The first-order valence-electron chi connectivity index (χ1n) is 5.29. The number of hydrogen-bond donors (Lipinski definition) is 1. The van der Waals surface area contributed by atoms with Gasteiger partial charge in [-0.1, -0.05) is 6.07 Å². The van der Waals surface area contributed by atoms with Crippen LogP contribution in [0.25, 0.3) is 0 Å². The van der Waals surface area contributed by atoms with Crippen molar-refractivity contribution in [3.05, 3.63) is 48.2 Å². The van der Waals surface area contributed by atoms with Gasteiger partial charge in [-0.25, -0.2) is 15.0 Å². The van der Waals surface area contributed by atoms with E-state index in [2.05, 4.69) is 15.0 Å². The van der Waals surface area contributed by atoms with E-state index in [0.717, 1.165) is 11.1 Å². The Morgan fingerprint density at radius 3 is 2.59 bits per heavy atom. The van der Waals surface area contributed by atoms with Crippen LogP contribution in [0.5, 0.6) is 5.88 Å². The van der Waals surface area contributed by atoms with Gasteiger partial charge in [-0.15, -0.1) is 0 Å². The van der Waals surface area contributed by atoms with E-state index in [-0.39, 0.29) is 6.04 Å². The molecule has 2 rings (SSSR count). The summed E-state index contributed by atoms with van der Waals surface area (Å²) in [6.07, 6.45) is 7.42. The predicted molar refractivity (Wildman–Crippen MR) is 63.5 cm³/mol. The van der Waals surface area contributed by atoms with Gasteiger partial charge in [0, 0.05) is 36.3 Å². The fraction of sp³-hybridized carbons (Fsp3) is 0.250. The zero-order valence-corrected chi connectivity index (χ0v) is 9.58. The highest BCUT2D eigenvalue weighted by Gasteiger charge is 2.07. The molecule has 0 fully saturated rings. The topological polar surface area (TPSA) is 73.9 Å². The largest absolute Gasteiger partial charge is 0.481 e. The van der Waals surface area contributed by atoms with Crippen LogP contribution in [0.4, 0.5) is 0 Å². The highest BCUT2D eigenvalue weighted by atomic mass is 16.5. The standard InChI is InChI=1S/C12H14N4O/c1-17-12-3-2-9(5-16-12)4-11(13)10-6-14-8-15-7-10/h2-3,5-8,11H,4,13H2,1H3. The minimum absolute atomic E-state index is 0.119. The van der Waals surface area contributed by atoms with Crippen molar-refractivity contribution in [1.29, 1.82) is 0 Å². The van der Waals surface area contributed by atoms with Gasteiger partial charge >= 0.3 is 0 Å². The monoisotopic (exact) mass is 230 g/mol. The Hall–Kier alpha value is -2.01. The van der Waals surface area contributed by atoms with Gasteiger partial charge in [0.05, 0.1) is 7.11 Å². The molecule has 0 aromatic carbocycles. The molecule has 0 spiro atoms. The van der Waals surface area contributed by atoms with Gasteiger partial charge in [0.15, 0.2) is 0 Å². The maximum atomic E-state index is 6.06. The number of pyridine rings is 1. The molecule has 2 aromatic rings. The Kier molecular flexibility index (Phi) is 3.62. The van der Waals surface area contributed by atoms with Crippen LogP contribution in [0.2, 0.25) is 0 Å². The third-order valence-corrected chi connectivity index (χ3v) is 2.47. The molecule has 17 heavy (non-hydrogen) atoms. The lowest BCUT2D eigenvalue weighted by molar-refractivity contribution is 0.397. The summed E-state index contributed by atoms with van der Waals surface area (Å²) in [5.74, 6) is 0.602. The number of rotatable bonds is 4. The van der Waals surface area contributed by atoms with Crippen LogP contribution in [0.15, 0.2) is 37.1 Å². The minimum Gasteiger partial charge on any atom is -0.481 e. The molecule has 2 aromatic heterocycles. The molecule has 0 amide bonds. The van der Waals surface area contributed by atoms with Crippen molar-refractivity contribution in [3.63, 3.8) is 0 Å². The lowest BCUT2D eigenvalue weighted by Gasteiger charge is -2.10. The van der Waals surface area contributed by atoms with E-state index in [1.165, 1.54) is 6.33 Å². The van der Waals surface area contributed by atoms with E-state index < -0.39 is 0 Å². The van der Waals surface area contributed by atoms with E-state index >= 15 is 0 Å². The lowest BCUT2D eigenvalue weighted by Crippen LogP contribution is -2.14. The molecule has 0 saturated heterocycles. The summed E-state index contributed by atoms with van der Waals surface area (Å²) in [6.45, 7) is 0. The number of nitrogens with zero attached hydrogens (tertiary/aromatic N) is 3. The molecule has 1 atom stereocenters. The first kappa shape index (κ1) is 11.5. The summed E-state index contributed by atoms with van der Waals surface area (Å²) in [5.41, 5.74) is 8.04. The molecule has 0 aliphatic rings. The molecule has 0 aliphatic carbocycles. The summed E-state index contributed by atoms with van der Waals surface area (Å²) < 4.78 is 5.00. The van der Waals surface area contributed by atoms with Gasteiger partial charge in [0.2, 0.25) is 5.88 Å². The first-order valence-corrected chi connectivity index (χ1v) is 5.29. The van der Waals surface area contributed by atoms with Crippen molar-refractivity contribution in [2.24, 2.45) is 5.73 Å². The number of hydrogen-bond acceptors (Lipinski definition) is 5. The lowest BCUT2D eigenvalue weighted by atomic mass is 10.0. The second-order valence-corrected chi connectivity index (χ2v) is 3.69. The van der Waals surface area contributed by atoms with Crippen LogP contribution in [0.1, 0.15) is 17.2 Å². The summed E-state index contributed by atoms with van der Waals surface area (Å²) in [6, 6.07) is 3.66. The Labute approximate surface area is 99.7 Å². The predicted octanol–water partition coefficient (Wildman–Crippen LogP) is 1.12. The second kappa shape index (κ2) is 5.36. The zero-order valence-electron chi connectivity index (χ0n) is 9.58. The van der Waals surface area contributed by atoms with Crippen molar-refractivity contribution < 1.29 is 4.74 Å². The Bertz CT molecular complexity index is 458. The molecule has 2 heterocycles. The average molecular weight is 230 g/mol. The fourth-order valence-corrected chi connectivity index (χ4v) is 1.53. The Morgan fingerprint density at radius 1 is 1.24 bits per heavy atom. The van der Waals surface area contributed by atoms with Gasteiger partial charge in [0.1, 0.15) is 6.33 Å². The van der Waals surface area contributed by atoms with Gasteiger partial charge < -0.3 is 10.5 Å². The summed E-state index contributed by atoms with van der Waals surface area (Å²) in [4.78, 5) is 12.0.